The topological polar surface area (TPSA) is 66.5 Å². The van der Waals surface area contributed by atoms with Crippen molar-refractivity contribution in [2.75, 3.05) is 16.7 Å². The fourth-order valence-electron chi connectivity index (χ4n) is 2.68. The minimum absolute atomic E-state index is 0.0184. The van der Waals surface area contributed by atoms with Crippen LogP contribution in [0.1, 0.15) is 15.9 Å². The van der Waals surface area contributed by atoms with E-state index in [0.717, 1.165) is 9.87 Å². The third-order valence-corrected chi connectivity index (χ3v) is 6.32. The summed E-state index contributed by atoms with van der Waals surface area (Å²) in [4.78, 5) is 12.4. The van der Waals surface area contributed by atoms with Crippen molar-refractivity contribution in [3.05, 3.63) is 88.7 Å². The highest BCUT2D eigenvalue weighted by Crippen LogP contribution is 2.25. The highest BCUT2D eigenvalue weighted by molar-refractivity contribution is 7.92. The van der Waals surface area contributed by atoms with Gasteiger partial charge in [0.2, 0.25) is 0 Å². The Hall–Kier alpha value is -2.90. The number of aryl methyl sites for hydroxylation is 1. The van der Waals surface area contributed by atoms with Gasteiger partial charge in [0.1, 0.15) is 5.82 Å². The number of carbonyl (C=O) groups is 1. The number of halogens is 2. The molecule has 150 valence electrons. The molecule has 1 N–H and O–H groups in total. The summed E-state index contributed by atoms with van der Waals surface area (Å²) in [5.74, 6) is -1.18. The van der Waals surface area contributed by atoms with Gasteiger partial charge in [-0.15, -0.1) is 0 Å². The number of amides is 1. The van der Waals surface area contributed by atoms with E-state index in [4.69, 9.17) is 11.6 Å². The Labute approximate surface area is 173 Å². The number of nitrogens with one attached hydrogen (secondary N) is 1. The summed E-state index contributed by atoms with van der Waals surface area (Å²) in [6.07, 6.45) is 0. The predicted octanol–water partition coefficient (Wildman–Crippen LogP) is 4.86. The number of hydrogen-bond donors (Lipinski definition) is 1. The minimum Gasteiger partial charge on any atom is -0.319 e. The molecular formula is C21H18ClFN2O3S. The number of rotatable bonds is 5. The maximum atomic E-state index is 14.0. The number of anilines is 2. The molecule has 0 radical (unpaired) electrons. The van der Waals surface area contributed by atoms with E-state index in [0.29, 0.717) is 10.7 Å². The first-order valence-electron chi connectivity index (χ1n) is 8.60. The number of benzene rings is 3. The molecule has 0 fully saturated rings. The van der Waals surface area contributed by atoms with E-state index in [1.54, 1.807) is 31.2 Å². The van der Waals surface area contributed by atoms with Crippen LogP contribution in [0, 0.1) is 12.7 Å². The van der Waals surface area contributed by atoms with Crippen LogP contribution in [0.25, 0.3) is 0 Å². The summed E-state index contributed by atoms with van der Waals surface area (Å²) < 4.78 is 41.0. The first-order valence-corrected chi connectivity index (χ1v) is 10.4. The normalized spacial score (nSPS) is 11.2. The molecule has 0 bridgehead atoms. The first kappa shape index (κ1) is 20.8. The lowest BCUT2D eigenvalue weighted by atomic mass is 10.2. The monoisotopic (exact) mass is 432 g/mol. The van der Waals surface area contributed by atoms with Crippen molar-refractivity contribution in [2.24, 2.45) is 0 Å². The third-order valence-electron chi connectivity index (χ3n) is 4.30. The van der Waals surface area contributed by atoms with Crippen LogP contribution in [-0.2, 0) is 10.0 Å². The van der Waals surface area contributed by atoms with Gasteiger partial charge in [-0.1, -0.05) is 29.8 Å². The Morgan fingerprint density at radius 1 is 1.03 bits per heavy atom. The minimum atomic E-state index is -3.93. The second-order valence-electron chi connectivity index (χ2n) is 6.42. The lowest BCUT2D eigenvalue weighted by molar-refractivity contribution is 0.102. The fraction of sp³-hybridized carbons (Fsp3) is 0.0952. The molecule has 5 nitrogen and oxygen atoms in total. The van der Waals surface area contributed by atoms with E-state index in [2.05, 4.69) is 5.32 Å². The van der Waals surface area contributed by atoms with Gasteiger partial charge in [-0.25, -0.2) is 12.8 Å². The van der Waals surface area contributed by atoms with Crippen LogP contribution in [0.4, 0.5) is 15.8 Å². The summed E-state index contributed by atoms with van der Waals surface area (Å²) in [6, 6.07) is 16.4. The highest BCUT2D eigenvalue weighted by Gasteiger charge is 2.23. The second kappa shape index (κ2) is 8.23. The fourth-order valence-corrected chi connectivity index (χ4v) is 4.10. The number of carbonyl (C=O) groups excluding carboxylic acids is 1. The maximum Gasteiger partial charge on any atom is 0.264 e. The Kier molecular flexibility index (Phi) is 5.91. The lowest BCUT2D eigenvalue weighted by Gasteiger charge is -2.20. The predicted molar refractivity (Wildman–Crippen MR) is 113 cm³/mol. The van der Waals surface area contributed by atoms with Gasteiger partial charge in [0.05, 0.1) is 16.3 Å². The van der Waals surface area contributed by atoms with Crippen LogP contribution < -0.4 is 9.62 Å². The van der Waals surface area contributed by atoms with E-state index in [-0.39, 0.29) is 16.1 Å². The summed E-state index contributed by atoms with van der Waals surface area (Å²) in [5, 5.41) is 2.86. The smallest absolute Gasteiger partial charge is 0.264 e. The van der Waals surface area contributed by atoms with Crippen molar-refractivity contribution >= 4 is 38.9 Å². The number of sulfonamides is 1. The molecule has 0 heterocycles. The molecule has 1 amide bonds. The van der Waals surface area contributed by atoms with Crippen LogP contribution in [0.3, 0.4) is 0 Å². The molecule has 0 aliphatic carbocycles. The molecule has 0 aliphatic rings. The number of hydrogen-bond acceptors (Lipinski definition) is 3. The van der Waals surface area contributed by atoms with Crippen molar-refractivity contribution in [1.29, 1.82) is 0 Å². The van der Waals surface area contributed by atoms with Crippen LogP contribution in [-0.4, -0.2) is 21.4 Å². The van der Waals surface area contributed by atoms with Gasteiger partial charge in [-0.2, -0.15) is 0 Å². The molecule has 0 unspecified atom stereocenters. The van der Waals surface area contributed by atoms with Crippen molar-refractivity contribution in [1.82, 2.24) is 0 Å². The summed E-state index contributed by atoms with van der Waals surface area (Å²) >= 11 is 5.95. The molecule has 0 aliphatic heterocycles. The van der Waals surface area contributed by atoms with E-state index < -0.39 is 21.7 Å². The Bertz CT molecular complexity index is 1180. The molecule has 0 spiro atoms. The van der Waals surface area contributed by atoms with Gasteiger partial charge < -0.3 is 5.32 Å². The first-order chi connectivity index (χ1) is 13.7. The van der Waals surface area contributed by atoms with Crippen LogP contribution in [0.2, 0.25) is 5.02 Å². The summed E-state index contributed by atoms with van der Waals surface area (Å²) in [6.45, 7) is 1.74. The molecule has 0 saturated carbocycles. The van der Waals surface area contributed by atoms with Gasteiger partial charge in [0.25, 0.3) is 15.9 Å². The SMILES string of the molecule is Cc1ccc(NC(=O)c2cccc(S(=O)(=O)N(C)c3cccc(Cl)c3)c2)c(F)c1. The Morgan fingerprint density at radius 3 is 2.45 bits per heavy atom. The summed E-state index contributed by atoms with van der Waals surface area (Å²) in [5.41, 5.74) is 1.21. The van der Waals surface area contributed by atoms with Gasteiger partial charge in [-0.3, -0.25) is 9.10 Å². The van der Waals surface area contributed by atoms with Crippen LogP contribution >= 0.6 is 11.6 Å². The molecule has 29 heavy (non-hydrogen) atoms. The third kappa shape index (κ3) is 4.58. The molecule has 8 heteroatoms. The summed E-state index contributed by atoms with van der Waals surface area (Å²) in [7, 11) is -2.53. The van der Waals surface area contributed by atoms with Crippen molar-refractivity contribution in [3.8, 4) is 0 Å². The van der Waals surface area contributed by atoms with Gasteiger partial charge in [0.15, 0.2) is 0 Å². The Balaban J connectivity index is 1.89. The quantitative estimate of drug-likeness (QED) is 0.625. The van der Waals surface area contributed by atoms with Crippen molar-refractivity contribution in [3.63, 3.8) is 0 Å². The Morgan fingerprint density at radius 2 is 1.76 bits per heavy atom. The van der Waals surface area contributed by atoms with Crippen LogP contribution in [0.5, 0.6) is 0 Å². The van der Waals surface area contributed by atoms with E-state index in [1.807, 2.05) is 0 Å². The van der Waals surface area contributed by atoms with Crippen LogP contribution in [0.15, 0.2) is 71.6 Å². The number of nitrogens with zero attached hydrogens (tertiary/aromatic N) is 1. The van der Waals surface area contributed by atoms with Gasteiger partial charge in [-0.05, 0) is 61.0 Å². The highest BCUT2D eigenvalue weighted by atomic mass is 35.5. The molecule has 3 rings (SSSR count). The van der Waals surface area contributed by atoms with Crippen molar-refractivity contribution in [2.45, 2.75) is 11.8 Å². The average molecular weight is 433 g/mol. The van der Waals surface area contributed by atoms with Gasteiger partial charge >= 0.3 is 0 Å². The van der Waals surface area contributed by atoms with E-state index in [9.17, 15) is 17.6 Å². The van der Waals surface area contributed by atoms with Gasteiger partial charge in [0, 0.05) is 17.6 Å². The molecule has 0 aromatic heterocycles. The van der Waals surface area contributed by atoms with E-state index in [1.165, 1.54) is 49.5 Å². The lowest BCUT2D eigenvalue weighted by Crippen LogP contribution is -2.26. The molecule has 0 saturated heterocycles. The molecule has 0 atom stereocenters. The van der Waals surface area contributed by atoms with E-state index >= 15 is 0 Å². The zero-order valence-electron chi connectivity index (χ0n) is 15.7. The maximum absolute atomic E-state index is 14.0. The zero-order chi connectivity index (χ0) is 21.2. The standard InChI is InChI=1S/C21H18ClFN2O3S/c1-14-9-10-20(19(23)11-14)24-21(26)15-5-3-8-18(12-15)29(27,28)25(2)17-7-4-6-16(22)13-17/h3-13H,1-2H3,(H,24,26). The second-order valence-corrected chi connectivity index (χ2v) is 8.82. The largest absolute Gasteiger partial charge is 0.319 e. The molecule has 3 aromatic rings. The average Bonchev–Trinajstić information content (AvgIpc) is 2.69. The molecular weight excluding hydrogens is 415 g/mol. The molecule has 3 aromatic carbocycles. The van der Waals surface area contributed by atoms with Crippen molar-refractivity contribution < 1.29 is 17.6 Å². The zero-order valence-corrected chi connectivity index (χ0v) is 17.3.